The molecule has 1 N–H and O–H groups in total. The van der Waals surface area contributed by atoms with Crippen LogP contribution in [0.1, 0.15) is 18.2 Å². The third-order valence-corrected chi connectivity index (χ3v) is 4.90. The molecule has 1 amide bonds. The number of rotatable bonds is 5. The fourth-order valence-electron chi connectivity index (χ4n) is 3.42. The first-order chi connectivity index (χ1) is 14.0. The van der Waals surface area contributed by atoms with Crippen LogP contribution in [0.2, 0.25) is 0 Å². The van der Waals surface area contributed by atoms with Gasteiger partial charge in [-0.3, -0.25) is 4.79 Å². The molecule has 29 heavy (non-hydrogen) atoms. The molecule has 0 radical (unpaired) electrons. The summed E-state index contributed by atoms with van der Waals surface area (Å²) < 4.78 is 14.9. The quantitative estimate of drug-likeness (QED) is 0.537. The zero-order valence-corrected chi connectivity index (χ0v) is 16.3. The number of aromatic nitrogens is 3. The molecule has 0 saturated heterocycles. The van der Waals surface area contributed by atoms with E-state index in [1.165, 1.54) is 17.7 Å². The number of anilines is 1. The van der Waals surface area contributed by atoms with Crippen molar-refractivity contribution in [2.45, 2.75) is 26.8 Å². The number of aryl methyl sites for hydroxylation is 2. The monoisotopic (exact) mass is 388 g/mol. The van der Waals surface area contributed by atoms with Gasteiger partial charge in [-0.2, -0.15) is 5.10 Å². The summed E-state index contributed by atoms with van der Waals surface area (Å²) in [6, 6.07) is 16.0. The van der Waals surface area contributed by atoms with Gasteiger partial charge in [0.25, 0.3) is 0 Å². The lowest BCUT2D eigenvalue weighted by atomic mass is 10.0. The minimum atomic E-state index is -0.282. The lowest BCUT2D eigenvalue weighted by Crippen LogP contribution is -2.19. The molecule has 4 rings (SSSR count). The number of fused-ring (bicyclic) bond motifs is 1. The molecule has 0 atom stereocenters. The van der Waals surface area contributed by atoms with Crippen molar-refractivity contribution in [3.05, 3.63) is 77.9 Å². The summed E-state index contributed by atoms with van der Waals surface area (Å²) in [5.41, 5.74) is 5.15. The van der Waals surface area contributed by atoms with Gasteiger partial charge in [0.2, 0.25) is 5.91 Å². The maximum absolute atomic E-state index is 13.3. The van der Waals surface area contributed by atoms with Gasteiger partial charge in [0.05, 0.1) is 5.69 Å². The largest absolute Gasteiger partial charge is 0.324 e. The first-order valence-corrected chi connectivity index (χ1v) is 9.52. The van der Waals surface area contributed by atoms with Crippen LogP contribution in [0, 0.1) is 12.7 Å². The van der Waals surface area contributed by atoms with Crippen LogP contribution in [0.15, 0.2) is 60.8 Å². The normalized spacial score (nSPS) is 11.0. The molecule has 4 aromatic rings. The molecular weight excluding hydrogens is 367 g/mol. The van der Waals surface area contributed by atoms with E-state index in [1.807, 2.05) is 37.3 Å². The summed E-state index contributed by atoms with van der Waals surface area (Å²) in [6.45, 7) is 4.03. The van der Waals surface area contributed by atoms with Crippen molar-refractivity contribution in [3.8, 4) is 11.1 Å². The van der Waals surface area contributed by atoms with Crippen molar-refractivity contribution in [1.82, 2.24) is 14.8 Å². The summed E-state index contributed by atoms with van der Waals surface area (Å²) in [5, 5.41) is 8.28. The van der Waals surface area contributed by atoms with Crippen LogP contribution in [0.25, 0.3) is 22.2 Å². The number of carbonyl (C=O) groups excluding carboxylic acids is 1. The Kier molecular flexibility index (Phi) is 5.08. The molecular formula is C23H21FN4O. The van der Waals surface area contributed by atoms with Crippen molar-refractivity contribution in [3.63, 3.8) is 0 Å². The minimum absolute atomic E-state index is 0.0553. The molecule has 2 heterocycles. The minimum Gasteiger partial charge on any atom is -0.324 e. The average Bonchev–Trinajstić information content (AvgIpc) is 3.04. The standard InChI is InChI=1S/C23H21FN4O/c1-3-16-4-10-19(11-5-16)26-21(29)14-28-23-22(15(2)27-28)20(12-13-25-23)17-6-8-18(24)9-7-17/h4-13H,3,14H2,1-2H3,(H,26,29). The zero-order chi connectivity index (χ0) is 20.4. The smallest absolute Gasteiger partial charge is 0.246 e. The first kappa shape index (κ1) is 18.8. The number of benzene rings is 2. The Morgan fingerprint density at radius 3 is 2.48 bits per heavy atom. The molecule has 5 nitrogen and oxygen atoms in total. The molecule has 146 valence electrons. The molecule has 0 aliphatic rings. The van der Waals surface area contributed by atoms with Gasteiger partial charge >= 0.3 is 0 Å². The van der Waals surface area contributed by atoms with E-state index in [-0.39, 0.29) is 18.3 Å². The number of halogens is 1. The van der Waals surface area contributed by atoms with E-state index in [4.69, 9.17) is 0 Å². The van der Waals surface area contributed by atoms with Gasteiger partial charge in [-0.25, -0.2) is 14.1 Å². The molecule has 2 aromatic carbocycles. The lowest BCUT2D eigenvalue weighted by molar-refractivity contribution is -0.116. The Morgan fingerprint density at radius 2 is 1.79 bits per heavy atom. The van der Waals surface area contributed by atoms with E-state index in [9.17, 15) is 9.18 Å². The number of hydrogen-bond acceptors (Lipinski definition) is 3. The summed E-state index contributed by atoms with van der Waals surface area (Å²) >= 11 is 0. The number of amides is 1. The maximum Gasteiger partial charge on any atom is 0.246 e. The van der Waals surface area contributed by atoms with E-state index in [1.54, 1.807) is 23.0 Å². The van der Waals surface area contributed by atoms with Crippen LogP contribution in [-0.4, -0.2) is 20.7 Å². The summed E-state index contributed by atoms with van der Waals surface area (Å²) in [4.78, 5) is 17.0. The second kappa shape index (κ2) is 7.83. The molecule has 0 unspecified atom stereocenters. The Labute approximate surface area is 168 Å². The van der Waals surface area contributed by atoms with Crippen LogP contribution in [0.5, 0.6) is 0 Å². The third kappa shape index (κ3) is 3.87. The van der Waals surface area contributed by atoms with Crippen molar-refractivity contribution >= 4 is 22.6 Å². The molecule has 0 saturated carbocycles. The Hall–Kier alpha value is -3.54. The van der Waals surface area contributed by atoms with Gasteiger partial charge in [-0.1, -0.05) is 31.2 Å². The van der Waals surface area contributed by atoms with Crippen molar-refractivity contribution in [2.75, 3.05) is 5.32 Å². The predicted molar refractivity (Wildman–Crippen MR) is 112 cm³/mol. The highest BCUT2D eigenvalue weighted by Gasteiger charge is 2.16. The summed E-state index contributed by atoms with van der Waals surface area (Å²) in [5.74, 6) is -0.456. The Balaban J connectivity index is 1.62. The van der Waals surface area contributed by atoms with Gasteiger partial charge < -0.3 is 5.32 Å². The number of nitrogens with zero attached hydrogens (tertiary/aromatic N) is 3. The highest BCUT2D eigenvalue weighted by atomic mass is 19.1. The molecule has 0 spiro atoms. The van der Waals surface area contributed by atoms with Crippen LogP contribution in [0.3, 0.4) is 0 Å². The van der Waals surface area contributed by atoms with Gasteiger partial charge in [-0.15, -0.1) is 0 Å². The van der Waals surface area contributed by atoms with E-state index >= 15 is 0 Å². The van der Waals surface area contributed by atoms with E-state index in [2.05, 4.69) is 22.3 Å². The second-order valence-corrected chi connectivity index (χ2v) is 6.91. The van der Waals surface area contributed by atoms with Crippen LogP contribution in [-0.2, 0) is 17.8 Å². The van der Waals surface area contributed by atoms with Crippen molar-refractivity contribution in [1.29, 1.82) is 0 Å². The summed E-state index contributed by atoms with van der Waals surface area (Å²) in [6.07, 6.45) is 2.63. The molecule has 0 fully saturated rings. The van der Waals surface area contributed by atoms with E-state index in [0.29, 0.717) is 5.65 Å². The fraction of sp³-hybridized carbons (Fsp3) is 0.174. The highest BCUT2D eigenvalue weighted by molar-refractivity contribution is 5.96. The number of hydrogen-bond donors (Lipinski definition) is 1. The Bertz CT molecular complexity index is 1160. The van der Waals surface area contributed by atoms with Crippen molar-refractivity contribution in [2.24, 2.45) is 0 Å². The Morgan fingerprint density at radius 1 is 1.07 bits per heavy atom. The van der Waals surface area contributed by atoms with Crippen LogP contribution < -0.4 is 5.32 Å². The summed E-state index contributed by atoms with van der Waals surface area (Å²) in [7, 11) is 0. The molecule has 0 aliphatic heterocycles. The van der Waals surface area contributed by atoms with Gasteiger partial charge in [0.1, 0.15) is 12.4 Å². The van der Waals surface area contributed by atoms with E-state index in [0.717, 1.165) is 34.3 Å². The molecule has 0 aliphatic carbocycles. The van der Waals surface area contributed by atoms with Gasteiger partial charge in [0.15, 0.2) is 5.65 Å². The number of carbonyl (C=O) groups is 1. The number of pyridine rings is 1. The SMILES string of the molecule is CCc1ccc(NC(=O)Cn2nc(C)c3c(-c4ccc(F)cc4)ccnc32)cc1. The first-order valence-electron chi connectivity index (χ1n) is 9.52. The highest BCUT2D eigenvalue weighted by Crippen LogP contribution is 2.29. The third-order valence-electron chi connectivity index (χ3n) is 4.90. The van der Waals surface area contributed by atoms with Crippen LogP contribution in [0.4, 0.5) is 10.1 Å². The maximum atomic E-state index is 13.3. The fourth-order valence-corrected chi connectivity index (χ4v) is 3.42. The number of nitrogens with one attached hydrogen (secondary N) is 1. The van der Waals surface area contributed by atoms with Gasteiger partial charge in [0, 0.05) is 17.3 Å². The zero-order valence-electron chi connectivity index (χ0n) is 16.3. The molecule has 2 aromatic heterocycles. The van der Waals surface area contributed by atoms with Crippen molar-refractivity contribution < 1.29 is 9.18 Å². The van der Waals surface area contributed by atoms with E-state index < -0.39 is 0 Å². The lowest BCUT2D eigenvalue weighted by Gasteiger charge is -2.07. The van der Waals surface area contributed by atoms with Crippen LogP contribution >= 0.6 is 0 Å². The van der Waals surface area contributed by atoms with Gasteiger partial charge in [-0.05, 0) is 60.4 Å². The predicted octanol–water partition coefficient (Wildman–Crippen LogP) is 4.75. The average molecular weight is 388 g/mol. The second-order valence-electron chi connectivity index (χ2n) is 6.91. The molecule has 0 bridgehead atoms. The topological polar surface area (TPSA) is 59.8 Å². The molecule has 6 heteroatoms.